The second-order valence-corrected chi connectivity index (χ2v) is 4.14. The summed E-state index contributed by atoms with van der Waals surface area (Å²) < 4.78 is 6.04. The summed E-state index contributed by atoms with van der Waals surface area (Å²) in [7, 11) is 0. The van der Waals surface area contributed by atoms with Gasteiger partial charge in [0.25, 0.3) is 0 Å². The monoisotopic (exact) mass is 284 g/mol. The van der Waals surface area contributed by atoms with Gasteiger partial charge >= 0.3 is 5.97 Å². The lowest BCUT2D eigenvalue weighted by Crippen LogP contribution is -2.00. The van der Waals surface area contributed by atoms with Crippen molar-refractivity contribution in [2.75, 3.05) is 0 Å². The van der Waals surface area contributed by atoms with E-state index in [1.807, 2.05) is 13.0 Å². The molecule has 0 atom stereocenters. The number of H-pyrrole nitrogens is 1. The Morgan fingerprint density at radius 2 is 2.38 bits per heavy atom. The van der Waals surface area contributed by atoms with E-state index in [1.54, 1.807) is 6.07 Å². The van der Waals surface area contributed by atoms with E-state index in [0.29, 0.717) is 21.6 Å². The molecule has 0 amide bonds. The van der Waals surface area contributed by atoms with Crippen molar-refractivity contribution in [2.45, 2.75) is 13.3 Å². The minimum absolute atomic E-state index is 0.104. The van der Waals surface area contributed by atoms with Crippen LogP contribution in [0.15, 0.2) is 21.0 Å². The van der Waals surface area contributed by atoms with Gasteiger partial charge in [-0.15, -0.1) is 0 Å². The minimum atomic E-state index is -0.911. The molecule has 2 rings (SSSR count). The maximum atomic E-state index is 10.6. The van der Waals surface area contributed by atoms with E-state index in [9.17, 15) is 4.79 Å². The van der Waals surface area contributed by atoms with E-state index in [2.05, 4.69) is 26.1 Å². The first-order valence-electron chi connectivity index (χ1n) is 4.59. The fourth-order valence-corrected chi connectivity index (χ4v) is 1.87. The van der Waals surface area contributed by atoms with Gasteiger partial charge in [0.05, 0.1) is 16.6 Å². The van der Waals surface area contributed by atoms with E-state index in [1.165, 1.54) is 0 Å². The van der Waals surface area contributed by atoms with Crippen LogP contribution >= 0.6 is 15.9 Å². The molecule has 0 aromatic carbocycles. The molecule has 0 fully saturated rings. The number of nitrogens with zero attached hydrogens (tertiary/aromatic N) is 1. The predicted octanol–water partition coefficient (Wildman–Crippen LogP) is 2.37. The molecule has 0 spiro atoms. The van der Waals surface area contributed by atoms with Gasteiger partial charge in [0.2, 0.25) is 0 Å². The highest BCUT2D eigenvalue weighted by Gasteiger charge is 2.16. The molecule has 0 unspecified atom stereocenters. The van der Waals surface area contributed by atoms with Gasteiger partial charge in [-0.2, -0.15) is 5.10 Å². The average Bonchev–Trinajstić information content (AvgIpc) is 2.74. The summed E-state index contributed by atoms with van der Waals surface area (Å²) in [5.74, 6) is 0.480. The van der Waals surface area contributed by atoms with Crippen molar-refractivity contribution in [3.05, 3.63) is 28.1 Å². The van der Waals surface area contributed by atoms with Gasteiger partial charge in [-0.25, -0.2) is 0 Å². The molecule has 16 heavy (non-hydrogen) atoms. The Balaban J connectivity index is 2.36. The topological polar surface area (TPSA) is 79.1 Å². The number of rotatable bonds is 3. The summed E-state index contributed by atoms with van der Waals surface area (Å²) in [4.78, 5) is 10.6. The Labute approximate surface area is 99.6 Å². The van der Waals surface area contributed by atoms with Crippen molar-refractivity contribution in [3.63, 3.8) is 0 Å². The molecular weight excluding hydrogens is 276 g/mol. The molecule has 0 aliphatic carbocycles. The number of hydrogen-bond acceptors (Lipinski definition) is 3. The second kappa shape index (κ2) is 4.13. The number of aromatic amines is 1. The summed E-state index contributed by atoms with van der Waals surface area (Å²) in [5.41, 5.74) is 1.11. The van der Waals surface area contributed by atoms with Gasteiger partial charge in [-0.05, 0) is 35.0 Å². The van der Waals surface area contributed by atoms with Gasteiger partial charge in [0, 0.05) is 0 Å². The highest BCUT2D eigenvalue weighted by Crippen LogP contribution is 2.30. The molecule has 2 aromatic rings. The SMILES string of the molecule is Cc1ccc(-c2n[nH]c(CC(=O)O)c2Br)o1. The zero-order valence-corrected chi connectivity index (χ0v) is 10.0. The van der Waals surface area contributed by atoms with Crippen LogP contribution in [-0.4, -0.2) is 21.3 Å². The average molecular weight is 285 g/mol. The van der Waals surface area contributed by atoms with Gasteiger partial charge < -0.3 is 9.52 Å². The Morgan fingerprint density at radius 3 is 2.94 bits per heavy atom. The standard InChI is InChI=1S/C10H9BrN2O3/c1-5-2-3-7(16-5)10-9(11)6(12-13-10)4-8(14)15/h2-3H,4H2,1H3,(H,12,13)(H,14,15). The number of aromatic nitrogens is 2. The number of aliphatic carboxylic acids is 1. The number of carboxylic acid groups (broad SMARTS) is 1. The fourth-order valence-electron chi connectivity index (χ4n) is 1.36. The minimum Gasteiger partial charge on any atom is -0.481 e. The lowest BCUT2D eigenvalue weighted by atomic mass is 10.2. The Hall–Kier alpha value is -1.56. The van der Waals surface area contributed by atoms with Gasteiger partial charge in [0.1, 0.15) is 11.5 Å². The summed E-state index contributed by atoms with van der Waals surface area (Å²) in [6.07, 6.45) is -0.104. The van der Waals surface area contributed by atoms with Crippen LogP contribution in [0.3, 0.4) is 0 Å². The van der Waals surface area contributed by atoms with Crippen molar-refractivity contribution < 1.29 is 14.3 Å². The van der Waals surface area contributed by atoms with Crippen LogP contribution in [0.2, 0.25) is 0 Å². The van der Waals surface area contributed by atoms with Crippen LogP contribution in [-0.2, 0) is 11.2 Å². The molecule has 2 heterocycles. The molecule has 84 valence electrons. The quantitative estimate of drug-likeness (QED) is 0.907. The smallest absolute Gasteiger partial charge is 0.309 e. The van der Waals surface area contributed by atoms with Crippen molar-refractivity contribution in [1.29, 1.82) is 0 Å². The first-order chi connectivity index (χ1) is 7.58. The van der Waals surface area contributed by atoms with E-state index in [0.717, 1.165) is 5.76 Å². The van der Waals surface area contributed by atoms with Crippen molar-refractivity contribution in [3.8, 4) is 11.5 Å². The zero-order valence-electron chi connectivity index (χ0n) is 8.45. The number of hydrogen-bond donors (Lipinski definition) is 2. The number of aryl methyl sites for hydroxylation is 1. The molecule has 2 aromatic heterocycles. The largest absolute Gasteiger partial charge is 0.481 e. The molecule has 0 aliphatic rings. The highest BCUT2D eigenvalue weighted by atomic mass is 79.9. The number of halogens is 1. The molecular formula is C10H9BrN2O3. The fraction of sp³-hybridized carbons (Fsp3) is 0.200. The zero-order chi connectivity index (χ0) is 11.7. The van der Waals surface area contributed by atoms with Crippen molar-refractivity contribution in [2.24, 2.45) is 0 Å². The molecule has 2 N–H and O–H groups in total. The van der Waals surface area contributed by atoms with E-state index in [-0.39, 0.29) is 6.42 Å². The normalized spacial score (nSPS) is 10.6. The Bertz CT molecular complexity index is 530. The van der Waals surface area contributed by atoms with Gasteiger partial charge in [0.15, 0.2) is 5.76 Å². The molecule has 5 nitrogen and oxygen atoms in total. The molecule has 0 aliphatic heterocycles. The molecule has 0 saturated heterocycles. The lowest BCUT2D eigenvalue weighted by Gasteiger charge is -1.93. The van der Waals surface area contributed by atoms with Crippen molar-refractivity contribution >= 4 is 21.9 Å². The van der Waals surface area contributed by atoms with Crippen molar-refractivity contribution in [1.82, 2.24) is 10.2 Å². The number of nitrogens with one attached hydrogen (secondary N) is 1. The van der Waals surface area contributed by atoms with Gasteiger partial charge in [-0.3, -0.25) is 9.89 Å². The molecule has 0 radical (unpaired) electrons. The second-order valence-electron chi connectivity index (χ2n) is 3.35. The summed E-state index contributed by atoms with van der Waals surface area (Å²) in [6.45, 7) is 1.84. The predicted molar refractivity (Wildman–Crippen MR) is 60.1 cm³/mol. The number of furan rings is 1. The lowest BCUT2D eigenvalue weighted by molar-refractivity contribution is -0.136. The van der Waals surface area contributed by atoms with E-state index >= 15 is 0 Å². The van der Waals surface area contributed by atoms with Crippen LogP contribution in [0.1, 0.15) is 11.5 Å². The van der Waals surface area contributed by atoms with Crippen LogP contribution in [0.25, 0.3) is 11.5 Å². The van der Waals surface area contributed by atoms with Crippen LogP contribution in [0.4, 0.5) is 0 Å². The Kier molecular flexibility index (Phi) is 2.82. The highest BCUT2D eigenvalue weighted by molar-refractivity contribution is 9.10. The molecule has 0 saturated carbocycles. The number of carboxylic acids is 1. The number of carbonyl (C=O) groups is 1. The summed E-state index contributed by atoms with van der Waals surface area (Å²) >= 11 is 3.31. The van der Waals surface area contributed by atoms with Crippen LogP contribution < -0.4 is 0 Å². The summed E-state index contributed by atoms with van der Waals surface area (Å²) in [6, 6.07) is 3.62. The van der Waals surface area contributed by atoms with E-state index in [4.69, 9.17) is 9.52 Å². The third kappa shape index (κ3) is 2.01. The first kappa shape index (κ1) is 10.9. The van der Waals surface area contributed by atoms with Crippen LogP contribution in [0, 0.1) is 6.92 Å². The maximum Gasteiger partial charge on any atom is 0.309 e. The third-order valence-corrected chi connectivity index (χ3v) is 2.93. The Morgan fingerprint density at radius 1 is 1.62 bits per heavy atom. The van der Waals surface area contributed by atoms with E-state index < -0.39 is 5.97 Å². The third-order valence-electron chi connectivity index (χ3n) is 2.08. The summed E-state index contributed by atoms with van der Waals surface area (Å²) in [5, 5.41) is 15.4. The van der Waals surface area contributed by atoms with Crippen LogP contribution in [0.5, 0.6) is 0 Å². The maximum absolute atomic E-state index is 10.6. The van der Waals surface area contributed by atoms with Gasteiger partial charge in [-0.1, -0.05) is 0 Å². The first-order valence-corrected chi connectivity index (χ1v) is 5.38. The molecule has 6 heteroatoms. The molecule has 0 bridgehead atoms.